The van der Waals surface area contributed by atoms with Crippen molar-refractivity contribution in [1.82, 2.24) is 9.21 Å². The maximum atomic E-state index is 12.9. The van der Waals surface area contributed by atoms with Gasteiger partial charge in [0.05, 0.1) is 0 Å². The Morgan fingerprint density at radius 3 is 2.26 bits per heavy atom. The SMILES string of the molecule is Cc1oc(C(=O)N(C2CC2)[C@@H](C)C(C)C)cc1S(=O)(=O)N(C)C. The summed E-state index contributed by atoms with van der Waals surface area (Å²) < 4.78 is 31.2. The number of hydrogen-bond donors (Lipinski definition) is 0. The lowest BCUT2D eigenvalue weighted by molar-refractivity contribution is 0.0593. The Balaban J connectivity index is 2.37. The van der Waals surface area contributed by atoms with Gasteiger partial charge in [-0.05, 0) is 32.6 Å². The third kappa shape index (κ3) is 3.45. The molecule has 1 aromatic heterocycles. The summed E-state index contributed by atoms with van der Waals surface area (Å²) in [6, 6.07) is 1.67. The molecule has 23 heavy (non-hydrogen) atoms. The van der Waals surface area contributed by atoms with Crippen LogP contribution in [0, 0.1) is 12.8 Å². The van der Waals surface area contributed by atoms with Gasteiger partial charge >= 0.3 is 0 Å². The molecule has 1 aliphatic rings. The minimum Gasteiger partial charge on any atom is -0.455 e. The first-order valence-corrected chi connectivity index (χ1v) is 9.37. The molecule has 1 heterocycles. The van der Waals surface area contributed by atoms with Crippen LogP contribution in [-0.4, -0.2) is 49.7 Å². The van der Waals surface area contributed by atoms with Crippen molar-refractivity contribution in [3.8, 4) is 0 Å². The fraction of sp³-hybridized carbons (Fsp3) is 0.688. The molecular weight excluding hydrogens is 316 g/mol. The van der Waals surface area contributed by atoms with Crippen LogP contribution in [0.5, 0.6) is 0 Å². The van der Waals surface area contributed by atoms with Gasteiger partial charge in [0.1, 0.15) is 10.7 Å². The van der Waals surface area contributed by atoms with E-state index >= 15 is 0 Å². The Labute approximate surface area is 138 Å². The number of sulfonamides is 1. The molecule has 0 radical (unpaired) electrons. The molecule has 0 saturated heterocycles. The van der Waals surface area contributed by atoms with Crippen molar-refractivity contribution in [2.45, 2.75) is 57.5 Å². The molecule has 1 aromatic rings. The van der Waals surface area contributed by atoms with Gasteiger partial charge in [0, 0.05) is 32.2 Å². The van der Waals surface area contributed by atoms with E-state index in [1.54, 1.807) is 6.92 Å². The first kappa shape index (κ1) is 18.0. The molecular formula is C16H26N2O4S. The highest BCUT2D eigenvalue weighted by Crippen LogP contribution is 2.33. The van der Waals surface area contributed by atoms with Gasteiger partial charge in [-0.1, -0.05) is 13.8 Å². The molecule has 130 valence electrons. The van der Waals surface area contributed by atoms with Crippen molar-refractivity contribution in [3.63, 3.8) is 0 Å². The second-order valence-electron chi connectivity index (χ2n) is 6.75. The number of carbonyl (C=O) groups is 1. The standard InChI is InChI=1S/C16H26N2O4S/c1-10(2)11(3)18(13-7-8-13)16(19)14-9-15(12(4)22-14)23(20,21)17(5)6/h9-11,13H,7-8H2,1-6H3/t11-/m0/s1. The summed E-state index contributed by atoms with van der Waals surface area (Å²) in [6.07, 6.45) is 1.98. The largest absolute Gasteiger partial charge is 0.455 e. The van der Waals surface area contributed by atoms with Crippen LogP contribution in [0.4, 0.5) is 0 Å². The summed E-state index contributed by atoms with van der Waals surface area (Å²) >= 11 is 0. The van der Waals surface area contributed by atoms with Gasteiger partial charge in [-0.25, -0.2) is 12.7 Å². The molecule has 7 heteroatoms. The Morgan fingerprint density at radius 2 is 1.83 bits per heavy atom. The predicted octanol–water partition coefficient (Wildman–Crippen LogP) is 2.49. The summed E-state index contributed by atoms with van der Waals surface area (Å²) in [5.74, 6) is 0.440. The van der Waals surface area contributed by atoms with E-state index < -0.39 is 10.0 Å². The van der Waals surface area contributed by atoms with E-state index in [2.05, 4.69) is 13.8 Å². The smallest absolute Gasteiger partial charge is 0.290 e. The molecule has 6 nitrogen and oxygen atoms in total. The first-order chi connectivity index (χ1) is 10.6. The number of nitrogens with zero attached hydrogens (tertiary/aromatic N) is 2. The Hall–Kier alpha value is -1.34. The monoisotopic (exact) mass is 342 g/mol. The zero-order chi connectivity index (χ0) is 17.5. The molecule has 1 saturated carbocycles. The van der Waals surface area contributed by atoms with Crippen molar-refractivity contribution in [3.05, 3.63) is 17.6 Å². The molecule has 0 aliphatic heterocycles. The van der Waals surface area contributed by atoms with Gasteiger partial charge < -0.3 is 9.32 Å². The highest BCUT2D eigenvalue weighted by Gasteiger charge is 2.39. The highest BCUT2D eigenvalue weighted by atomic mass is 32.2. The van der Waals surface area contributed by atoms with Crippen molar-refractivity contribution in [2.24, 2.45) is 5.92 Å². The molecule has 1 amide bonds. The Kier molecular flexibility index (Phi) is 4.92. The normalized spacial score (nSPS) is 16.9. The second kappa shape index (κ2) is 6.28. The van der Waals surface area contributed by atoms with Crippen LogP contribution in [0.15, 0.2) is 15.4 Å². The highest BCUT2D eigenvalue weighted by molar-refractivity contribution is 7.89. The summed E-state index contributed by atoms with van der Waals surface area (Å²) in [7, 11) is -0.700. The van der Waals surface area contributed by atoms with Gasteiger partial charge in [-0.3, -0.25) is 4.79 Å². The fourth-order valence-electron chi connectivity index (χ4n) is 2.51. The van der Waals surface area contributed by atoms with Crippen LogP contribution >= 0.6 is 0 Å². The molecule has 1 aliphatic carbocycles. The first-order valence-electron chi connectivity index (χ1n) is 7.93. The minimum absolute atomic E-state index is 0.0544. The number of rotatable bonds is 6. The average molecular weight is 342 g/mol. The molecule has 2 rings (SSSR count). The topological polar surface area (TPSA) is 70.8 Å². The van der Waals surface area contributed by atoms with Crippen LogP contribution in [0.2, 0.25) is 0 Å². The lowest BCUT2D eigenvalue weighted by Gasteiger charge is -2.31. The number of amides is 1. The zero-order valence-corrected chi connectivity index (χ0v) is 15.5. The van der Waals surface area contributed by atoms with E-state index in [4.69, 9.17) is 4.42 Å². The van der Waals surface area contributed by atoms with Crippen molar-refractivity contribution >= 4 is 15.9 Å². The Bertz CT molecular complexity index is 687. The molecule has 0 spiro atoms. The summed E-state index contributed by atoms with van der Waals surface area (Å²) in [5, 5.41) is 0. The van der Waals surface area contributed by atoms with Crippen LogP contribution < -0.4 is 0 Å². The van der Waals surface area contributed by atoms with Gasteiger partial charge in [-0.2, -0.15) is 0 Å². The Morgan fingerprint density at radius 1 is 1.26 bits per heavy atom. The molecule has 1 fully saturated rings. The predicted molar refractivity (Wildman–Crippen MR) is 87.8 cm³/mol. The van der Waals surface area contributed by atoms with E-state index in [-0.39, 0.29) is 34.4 Å². The van der Waals surface area contributed by atoms with Crippen LogP contribution in [0.25, 0.3) is 0 Å². The number of carbonyl (C=O) groups excluding carboxylic acids is 1. The van der Waals surface area contributed by atoms with E-state index in [1.807, 2.05) is 11.8 Å². The maximum absolute atomic E-state index is 12.9. The van der Waals surface area contributed by atoms with Gasteiger partial charge in [0.25, 0.3) is 5.91 Å². The lowest BCUT2D eigenvalue weighted by atomic mass is 10.0. The van der Waals surface area contributed by atoms with Gasteiger partial charge in [0.2, 0.25) is 10.0 Å². The van der Waals surface area contributed by atoms with Gasteiger partial charge in [-0.15, -0.1) is 0 Å². The van der Waals surface area contributed by atoms with Gasteiger partial charge in [0.15, 0.2) is 5.76 Å². The number of hydrogen-bond acceptors (Lipinski definition) is 4. The van der Waals surface area contributed by atoms with Crippen LogP contribution in [0.3, 0.4) is 0 Å². The van der Waals surface area contributed by atoms with E-state index in [1.165, 1.54) is 20.2 Å². The molecule has 0 unspecified atom stereocenters. The van der Waals surface area contributed by atoms with E-state index in [0.717, 1.165) is 17.1 Å². The van der Waals surface area contributed by atoms with Crippen molar-refractivity contribution in [1.29, 1.82) is 0 Å². The van der Waals surface area contributed by atoms with Crippen LogP contribution in [-0.2, 0) is 10.0 Å². The van der Waals surface area contributed by atoms with Crippen molar-refractivity contribution < 1.29 is 17.6 Å². The maximum Gasteiger partial charge on any atom is 0.290 e. The third-order valence-electron chi connectivity index (χ3n) is 4.42. The summed E-state index contributed by atoms with van der Waals surface area (Å²) in [6.45, 7) is 7.74. The summed E-state index contributed by atoms with van der Waals surface area (Å²) in [4.78, 5) is 14.8. The fourth-order valence-corrected chi connectivity index (χ4v) is 3.56. The quantitative estimate of drug-likeness (QED) is 0.796. The van der Waals surface area contributed by atoms with E-state index in [9.17, 15) is 13.2 Å². The third-order valence-corrected chi connectivity index (χ3v) is 6.34. The van der Waals surface area contributed by atoms with Crippen LogP contribution in [0.1, 0.15) is 49.9 Å². The second-order valence-corrected chi connectivity index (χ2v) is 8.87. The molecule has 0 aromatic carbocycles. The zero-order valence-electron chi connectivity index (χ0n) is 14.7. The summed E-state index contributed by atoms with van der Waals surface area (Å²) in [5.41, 5.74) is 0. The minimum atomic E-state index is -3.62. The molecule has 0 N–H and O–H groups in total. The molecule has 1 atom stereocenters. The number of aryl methyl sites for hydroxylation is 1. The number of furan rings is 1. The van der Waals surface area contributed by atoms with Crippen molar-refractivity contribution in [2.75, 3.05) is 14.1 Å². The lowest BCUT2D eigenvalue weighted by Crippen LogP contribution is -2.43. The molecule has 0 bridgehead atoms. The van der Waals surface area contributed by atoms with E-state index in [0.29, 0.717) is 5.92 Å². The average Bonchev–Trinajstić information content (AvgIpc) is 3.19.